The van der Waals surface area contributed by atoms with E-state index >= 15 is 0 Å². The van der Waals surface area contributed by atoms with Crippen molar-refractivity contribution in [3.8, 4) is 5.75 Å². The summed E-state index contributed by atoms with van der Waals surface area (Å²) in [5.41, 5.74) is 3.53. The average molecular weight is 436 g/mol. The second-order valence-corrected chi connectivity index (χ2v) is 8.98. The van der Waals surface area contributed by atoms with Crippen molar-refractivity contribution in [2.24, 2.45) is 4.99 Å². The molecule has 0 aliphatic heterocycles. The van der Waals surface area contributed by atoms with Crippen LogP contribution in [0.4, 0.5) is 5.69 Å². The molecule has 0 N–H and O–H groups in total. The summed E-state index contributed by atoms with van der Waals surface area (Å²) in [7, 11) is 0. The van der Waals surface area contributed by atoms with Crippen molar-refractivity contribution >= 4 is 11.9 Å². The summed E-state index contributed by atoms with van der Waals surface area (Å²) in [5, 5.41) is 0. The van der Waals surface area contributed by atoms with Gasteiger partial charge in [-0.25, -0.2) is 0 Å². The van der Waals surface area contributed by atoms with Crippen molar-refractivity contribution in [1.82, 2.24) is 0 Å². The van der Waals surface area contributed by atoms with E-state index in [4.69, 9.17) is 4.74 Å². The van der Waals surface area contributed by atoms with E-state index in [0.29, 0.717) is 0 Å². The monoisotopic (exact) mass is 435 g/mol. The summed E-state index contributed by atoms with van der Waals surface area (Å²) < 4.78 is 5.88. The molecule has 32 heavy (non-hydrogen) atoms. The van der Waals surface area contributed by atoms with Gasteiger partial charge in [-0.15, -0.1) is 0 Å². The Bertz CT molecular complexity index is 718. The fraction of sp³-hybridized carbons (Fsp3) is 0.567. The number of hydrogen-bond donors (Lipinski definition) is 0. The van der Waals surface area contributed by atoms with Crippen LogP contribution in [0.15, 0.2) is 53.5 Å². The van der Waals surface area contributed by atoms with Gasteiger partial charge in [0.2, 0.25) is 0 Å². The summed E-state index contributed by atoms with van der Waals surface area (Å²) in [6.07, 6.45) is 20.4. The quantitative estimate of drug-likeness (QED) is 0.169. The number of nitrogens with zero attached hydrogens (tertiary/aromatic N) is 1. The zero-order chi connectivity index (χ0) is 22.7. The van der Waals surface area contributed by atoms with Crippen LogP contribution >= 0.6 is 0 Å². The van der Waals surface area contributed by atoms with Gasteiger partial charge in [-0.3, -0.25) is 4.99 Å². The van der Waals surface area contributed by atoms with Crippen LogP contribution in [0.1, 0.15) is 108 Å². The molecule has 2 heteroatoms. The van der Waals surface area contributed by atoms with E-state index in [-0.39, 0.29) is 0 Å². The molecular weight excluding hydrogens is 390 g/mol. The zero-order valence-electron chi connectivity index (χ0n) is 20.7. The minimum Gasteiger partial charge on any atom is -0.494 e. The molecule has 0 fully saturated rings. The molecule has 0 radical (unpaired) electrons. The molecule has 0 bridgehead atoms. The van der Waals surface area contributed by atoms with Crippen LogP contribution < -0.4 is 4.74 Å². The Hall–Kier alpha value is -2.09. The molecule has 0 spiro atoms. The molecule has 0 amide bonds. The molecule has 0 unspecified atom stereocenters. The van der Waals surface area contributed by atoms with Gasteiger partial charge < -0.3 is 4.74 Å². The van der Waals surface area contributed by atoms with Crippen LogP contribution in [-0.4, -0.2) is 12.8 Å². The van der Waals surface area contributed by atoms with E-state index in [2.05, 4.69) is 55.2 Å². The van der Waals surface area contributed by atoms with Crippen LogP contribution in [0.2, 0.25) is 0 Å². The van der Waals surface area contributed by atoms with Gasteiger partial charge in [0.05, 0.1) is 12.3 Å². The van der Waals surface area contributed by atoms with Crippen molar-refractivity contribution < 1.29 is 4.74 Å². The third-order valence-corrected chi connectivity index (χ3v) is 6.01. The predicted octanol–water partition coefficient (Wildman–Crippen LogP) is 9.47. The molecule has 2 nitrogen and oxygen atoms in total. The molecule has 0 aliphatic rings. The normalized spacial score (nSPS) is 11.3. The lowest BCUT2D eigenvalue weighted by Crippen LogP contribution is -1.97. The highest BCUT2D eigenvalue weighted by Crippen LogP contribution is 2.17. The Kier molecular flexibility index (Phi) is 14.3. The third kappa shape index (κ3) is 12.1. The summed E-state index contributed by atoms with van der Waals surface area (Å²) in [6.45, 7) is 5.35. The van der Waals surface area contributed by atoms with E-state index < -0.39 is 0 Å². The Morgan fingerprint density at radius 2 is 1.19 bits per heavy atom. The van der Waals surface area contributed by atoms with Crippen LogP contribution in [-0.2, 0) is 6.42 Å². The van der Waals surface area contributed by atoms with E-state index in [1.54, 1.807) is 0 Å². The predicted molar refractivity (Wildman–Crippen MR) is 141 cm³/mol. The minimum absolute atomic E-state index is 0.812. The highest BCUT2D eigenvalue weighted by Gasteiger charge is 1.97. The van der Waals surface area contributed by atoms with Crippen molar-refractivity contribution in [3.63, 3.8) is 0 Å². The van der Waals surface area contributed by atoms with Gasteiger partial charge in [0.1, 0.15) is 5.75 Å². The number of hydrogen-bond acceptors (Lipinski definition) is 2. The average Bonchev–Trinajstić information content (AvgIpc) is 2.83. The van der Waals surface area contributed by atoms with Crippen molar-refractivity contribution in [3.05, 3.63) is 59.7 Å². The second kappa shape index (κ2) is 17.5. The molecule has 2 aromatic rings. The summed E-state index contributed by atoms with van der Waals surface area (Å²) in [6, 6.07) is 17.0. The lowest BCUT2D eigenvalue weighted by atomic mass is 10.0. The van der Waals surface area contributed by atoms with Gasteiger partial charge >= 0.3 is 0 Å². The zero-order valence-corrected chi connectivity index (χ0v) is 20.7. The first-order valence-corrected chi connectivity index (χ1v) is 13.2. The minimum atomic E-state index is 0.812. The van der Waals surface area contributed by atoms with Gasteiger partial charge in [-0.05, 0) is 66.8 Å². The Morgan fingerprint density at radius 1 is 0.625 bits per heavy atom. The number of benzene rings is 2. The molecule has 0 heterocycles. The SMILES string of the molecule is CCCCCCCCCOc1ccc(C=Nc2ccc(CCCCCCCC)cc2)cc1. The van der Waals surface area contributed by atoms with E-state index in [0.717, 1.165) is 30.0 Å². The maximum Gasteiger partial charge on any atom is 0.119 e. The number of ether oxygens (including phenoxy) is 1. The summed E-state index contributed by atoms with van der Waals surface area (Å²) in [5.74, 6) is 0.951. The maximum absolute atomic E-state index is 5.88. The lowest BCUT2D eigenvalue weighted by molar-refractivity contribution is 0.304. The first kappa shape index (κ1) is 26.2. The van der Waals surface area contributed by atoms with Gasteiger partial charge in [-0.1, -0.05) is 96.6 Å². The van der Waals surface area contributed by atoms with E-state index in [1.165, 1.54) is 89.0 Å². The molecular formula is C30H45NO. The first-order chi connectivity index (χ1) is 15.8. The third-order valence-electron chi connectivity index (χ3n) is 6.01. The number of aliphatic imine (C=N–C) groups is 1. The number of unbranched alkanes of at least 4 members (excludes halogenated alkanes) is 11. The van der Waals surface area contributed by atoms with Crippen molar-refractivity contribution in [2.45, 2.75) is 104 Å². The second-order valence-electron chi connectivity index (χ2n) is 8.98. The van der Waals surface area contributed by atoms with Crippen LogP contribution in [0.25, 0.3) is 0 Å². The molecule has 0 aromatic heterocycles. The molecule has 0 saturated carbocycles. The first-order valence-electron chi connectivity index (χ1n) is 13.2. The van der Waals surface area contributed by atoms with Crippen LogP contribution in [0.3, 0.4) is 0 Å². The molecule has 2 aromatic carbocycles. The van der Waals surface area contributed by atoms with Gasteiger partial charge in [-0.2, -0.15) is 0 Å². The fourth-order valence-electron chi connectivity index (χ4n) is 3.91. The number of aryl methyl sites for hydroxylation is 1. The topological polar surface area (TPSA) is 21.6 Å². The smallest absolute Gasteiger partial charge is 0.119 e. The Morgan fingerprint density at radius 3 is 1.81 bits per heavy atom. The van der Waals surface area contributed by atoms with Crippen molar-refractivity contribution in [1.29, 1.82) is 0 Å². The molecule has 176 valence electrons. The maximum atomic E-state index is 5.88. The Balaban J connectivity index is 1.63. The van der Waals surface area contributed by atoms with Crippen LogP contribution in [0.5, 0.6) is 5.75 Å². The lowest BCUT2D eigenvalue weighted by Gasteiger charge is -2.06. The summed E-state index contributed by atoms with van der Waals surface area (Å²) in [4.78, 5) is 4.63. The van der Waals surface area contributed by atoms with E-state index in [1.807, 2.05) is 18.3 Å². The number of rotatable bonds is 18. The molecule has 0 saturated heterocycles. The highest BCUT2D eigenvalue weighted by molar-refractivity contribution is 5.82. The van der Waals surface area contributed by atoms with Crippen LogP contribution in [0, 0.1) is 0 Å². The van der Waals surface area contributed by atoms with E-state index in [9.17, 15) is 0 Å². The Labute approximate surface area is 197 Å². The van der Waals surface area contributed by atoms with Gasteiger partial charge in [0, 0.05) is 6.21 Å². The summed E-state index contributed by atoms with van der Waals surface area (Å²) >= 11 is 0. The fourth-order valence-corrected chi connectivity index (χ4v) is 3.91. The highest BCUT2D eigenvalue weighted by atomic mass is 16.5. The van der Waals surface area contributed by atoms with Gasteiger partial charge in [0.15, 0.2) is 0 Å². The molecule has 0 aliphatic carbocycles. The van der Waals surface area contributed by atoms with Crippen molar-refractivity contribution in [2.75, 3.05) is 6.61 Å². The largest absolute Gasteiger partial charge is 0.494 e. The standard InChI is InChI=1S/C30H45NO/c1-3-5-7-9-11-13-15-25-32-30-23-19-28(20-24-30)26-31-29-21-17-27(18-22-29)16-14-12-10-8-6-4-2/h17-24,26H,3-16,25H2,1-2H3. The molecule has 2 rings (SSSR count). The van der Waals surface area contributed by atoms with Gasteiger partial charge in [0.25, 0.3) is 0 Å². The molecule has 0 atom stereocenters.